The number of nitrogens with two attached hydrogens (primary N) is 1. The van der Waals surface area contributed by atoms with Gasteiger partial charge in [-0.25, -0.2) is 9.97 Å². The zero-order valence-electron chi connectivity index (χ0n) is 9.62. The highest BCUT2D eigenvalue weighted by Crippen LogP contribution is 2.33. The van der Waals surface area contributed by atoms with Gasteiger partial charge in [0.2, 0.25) is 0 Å². The minimum atomic E-state index is 0.381. The Labute approximate surface area is 90.5 Å². The molecule has 0 amide bonds. The van der Waals surface area contributed by atoms with E-state index in [4.69, 9.17) is 5.73 Å². The normalized spacial score (nSPS) is 19.5. The molecule has 1 aromatic rings. The van der Waals surface area contributed by atoms with Gasteiger partial charge in [0.25, 0.3) is 0 Å². The lowest BCUT2D eigenvalue weighted by atomic mass is 9.93. The number of rotatable bonds is 1. The van der Waals surface area contributed by atoms with E-state index >= 15 is 0 Å². The van der Waals surface area contributed by atoms with Crippen LogP contribution in [-0.2, 0) is 0 Å². The average molecular weight is 206 g/mol. The molecule has 2 heterocycles. The van der Waals surface area contributed by atoms with Crippen molar-refractivity contribution in [2.75, 3.05) is 23.7 Å². The number of nitrogen functional groups attached to an aromatic ring is 1. The second kappa shape index (κ2) is 3.36. The molecule has 1 aromatic heterocycles. The van der Waals surface area contributed by atoms with Crippen LogP contribution in [0.2, 0.25) is 0 Å². The zero-order valence-corrected chi connectivity index (χ0v) is 9.62. The van der Waals surface area contributed by atoms with Gasteiger partial charge in [0.1, 0.15) is 18.0 Å². The summed E-state index contributed by atoms with van der Waals surface area (Å²) in [4.78, 5) is 10.6. The first kappa shape index (κ1) is 10.2. The van der Waals surface area contributed by atoms with Gasteiger partial charge in [0, 0.05) is 18.7 Å². The monoisotopic (exact) mass is 206 g/mol. The highest BCUT2D eigenvalue weighted by atomic mass is 15.2. The van der Waals surface area contributed by atoms with Gasteiger partial charge < -0.3 is 10.6 Å². The van der Waals surface area contributed by atoms with Crippen molar-refractivity contribution in [3.63, 3.8) is 0 Å². The molecule has 0 aliphatic carbocycles. The third kappa shape index (κ3) is 1.89. The van der Waals surface area contributed by atoms with E-state index in [2.05, 4.69) is 28.7 Å². The van der Waals surface area contributed by atoms with Crippen molar-refractivity contribution < 1.29 is 0 Å². The fraction of sp³-hybridized carbons (Fsp3) is 0.636. The summed E-state index contributed by atoms with van der Waals surface area (Å²) in [6.45, 7) is 8.66. The van der Waals surface area contributed by atoms with Gasteiger partial charge in [-0.15, -0.1) is 0 Å². The maximum atomic E-state index is 5.78. The van der Waals surface area contributed by atoms with E-state index < -0.39 is 0 Å². The van der Waals surface area contributed by atoms with Crippen LogP contribution in [0.1, 0.15) is 25.8 Å². The predicted octanol–water partition coefficient (Wildman–Crippen LogP) is 1.60. The van der Waals surface area contributed by atoms with Crippen LogP contribution in [-0.4, -0.2) is 23.1 Å². The molecule has 1 aliphatic heterocycles. The molecule has 1 fully saturated rings. The Morgan fingerprint density at radius 1 is 1.40 bits per heavy atom. The van der Waals surface area contributed by atoms with E-state index in [-0.39, 0.29) is 0 Å². The van der Waals surface area contributed by atoms with Crippen LogP contribution >= 0.6 is 0 Å². The summed E-state index contributed by atoms with van der Waals surface area (Å²) in [5.74, 6) is 1.58. The lowest BCUT2D eigenvalue weighted by molar-refractivity contribution is 0.418. The molecule has 2 rings (SSSR count). The molecule has 82 valence electrons. The minimum Gasteiger partial charge on any atom is -0.383 e. The Morgan fingerprint density at radius 2 is 2.13 bits per heavy atom. The molecule has 0 aromatic carbocycles. The molecule has 0 unspecified atom stereocenters. The van der Waals surface area contributed by atoms with E-state index in [1.165, 1.54) is 6.42 Å². The van der Waals surface area contributed by atoms with Crippen LogP contribution in [0, 0.1) is 12.3 Å². The number of aromatic nitrogens is 2. The molecule has 1 aliphatic rings. The number of nitrogens with zero attached hydrogens (tertiary/aromatic N) is 3. The summed E-state index contributed by atoms with van der Waals surface area (Å²) in [5, 5.41) is 0. The van der Waals surface area contributed by atoms with Crippen molar-refractivity contribution in [1.82, 2.24) is 9.97 Å². The molecule has 0 spiro atoms. The summed E-state index contributed by atoms with van der Waals surface area (Å²) in [6, 6.07) is 0. The van der Waals surface area contributed by atoms with E-state index in [9.17, 15) is 0 Å². The maximum absolute atomic E-state index is 5.78. The standard InChI is InChI=1S/C11H18N4/c1-8-9(12)13-7-14-10(8)15-5-4-11(2,3)6-15/h7H,4-6H2,1-3H3,(H2,12,13,14). The SMILES string of the molecule is Cc1c(N)ncnc1N1CCC(C)(C)C1. The van der Waals surface area contributed by atoms with Crippen molar-refractivity contribution in [1.29, 1.82) is 0 Å². The smallest absolute Gasteiger partial charge is 0.137 e. The van der Waals surface area contributed by atoms with Gasteiger partial charge in [-0.2, -0.15) is 0 Å². The molecule has 4 heteroatoms. The van der Waals surface area contributed by atoms with E-state index in [0.29, 0.717) is 11.2 Å². The lowest BCUT2D eigenvalue weighted by Gasteiger charge is -2.22. The Bertz CT molecular complexity index is 373. The largest absolute Gasteiger partial charge is 0.383 e. The highest BCUT2D eigenvalue weighted by molar-refractivity contribution is 5.56. The molecule has 0 atom stereocenters. The molecular weight excluding hydrogens is 188 g/mol. The van der Waals surface area contributed by atoms with Crippen molar-refractivity contribution in [2.24, 2.45) is 5.41 Å². The molecule has 4 nitrogen and oxygen atoms in total. The van der Waals surface area contributed by atoms with Crippen molar-refractivity contribution in [3.8, 4) is 0 Å². The molecule has 2 N–H and O–H groups in total. The summed E-state index contributed by atoms with van der Waals surface area (Å²) >= 11 is 0. The van der Waals surface area contributed by atoms with Crippen LogP contribution in [0.3, 0.4) is 0 Å². The molecule has 1 saturated heterocycles. The van der Waals surface area contributed by atoms with E-state index in [0.717, 1.165) is 24.5 Å². The number of anilines is 2. The van der Waals surface area contributed by atoms with Gasteiger partial charge in [0.15, 0.2) is 0 Å². The molecule has 0 saturated carbocycles. The summed E-state index contributed by atoms with van der Waals surface area (Å²) < 4.78 is 0. The van der Waals surface area contributed by atoms with Crippen molar-refractivity contribution >= 4 is 11.6 Å². The summed E-state index contributed by atoms with van der Waals surface area (Å²) in [6.07, 6.45) is 2.75. The summed E-state index contributed by atoms with van der Waals surface area (Å²) in [5.41, 5.74) is 7.15. The first-order valence-corrected chi connectivity index (χ1v) is 5.32. The Kier molecular flexibility index (Phi) is 2.29. The quantitative estimate of drug-likeness (QED) is 0.758. The van der Waals surface area contributed by atoms with Gasteiger partial charge in [-0.1, -0.05) is 13.8 Å². The van der Waals surface area contributed by atoms with Gasteiger partial charge >= 0.3 is 0 Å². The zero-order chi connectivity index (χ0) is 11.1. The lowest BCUT2D eigenvalue weighted by Crippen LogP contribution is -2.24. The third-order valence-corrected chi connectivity index (χ3v) is 3.07. The third-order valence-electron chi connectivity index (χ3n) is 3.07. The van der Waals surface area contributed by atoms with E-state index in [1.54, 1.807) is 6.33 Å². The van der Waals surface area contributed by atoms with Gasteiger partial charge in [0.05, 0.1) is 0 Å². The van der Waals surface area contributed by atoms with Crippen LogP contribution < -0.4 is 10.6 Å². The Morgan fingerprint density at radius 3 is 2.73 bits per heavy atom. The Balaban J connectivity index is 2.28. The predicted molar refractivity (Wildman–Crippen MR) is 61.8 cm³/mol. The first-order chi connectivity index (χ1) is 6.99. The Hall–Kier alpha value is -1.32. The highest BCUT2D eigenvalue weighted by Gasteiger charge is 2.30. The molecule has 0 radical (unpaired) electrons. The molecule has 15 heavy (non-hydrogen) atoms. The maximum Gasteiger partial charge on any atom is 0.137 e. The van der Waals surface area contributed by atoms with Crippen LogP contribution in [0.5, 0.6) is 0 Å². The van der Waals surface area contributed by atoms with Crippen LogP contribution in [0.4, 0.5) is 11.6 Å². The van der Waals surface area contributed by atoms with Crippen LogP contribution in [0.15, 0.2) is 6.33 Å². The molecular formula is C11H18N4. The fourth-order valence-electron chi connectivity index (χ4n) is 2.07. The summed E-state index contributed by atoms with van der Waals surface area (Å²) in [7, 11) is 0. The van der Waals surface area contributed by atoms with Crippen molar-refractivity contribution in [3.05, 3.63) is 11.9 Å². The second-order valence-corrected chi connectivity index (χ2v) is 5.04. The number of hydrogen-bond donors (Lipinski definition) is 1. The van der Waals surface area contributed by atoms with E-state index in [1.807, 2.05) is 6.92 Å². The van der Waals surface area contributed by atoms with Gasteiger partial charge in [-0.3, -0.25) is 0 Å². The van der Waals surface area contributed by atoms with Crippen molar-refractivity contribution in [2.45, 2.75) is 27.2 Å². The fourth-order valence-corrected chi connectivity index (χ4v) is 2.07. The molecule has 0 bridgehead atoms. The van der Waals surface area contributed by atoms with Crippen LogP contribution in [0.25, 0.3) is 0 Å². The average Bonchev–Trinajstić information content (AvgIpc) is 2.51. The minimum absolute atomic E-state index is 0.381. The van der Waals surface area contributed by atoms with Gasteiger partial charge in [-0.05, 0) is 18.8 Å². The first-order valence-electron chi connectivity index (χ1n) is 5.32. The topological polar surface area (TPSA) is 55.0 Å². The second-order valence-electron chi connectivity index (χ2n) is 5.04. The number of hydrogen-bond acceptors (Lipinski definition) is 4.